The minimum atomic E-state index is -0.103. The summed E-state index contributed by atoms with van der Waals surface area (Å²) in [5.41, 5.74) is 2.11. The maximum Gasteiger partial charge on any atom is 0.252 e. The standard InChI is InChI=1S/C18H23N7OS/c1-4-14-21-17(27-24-14)25-6-5-18(3,10-25)9-20-16(26)12-7-13-11(2)22-23-15(13)19-8-12/h7-8H,4-6,9-10H2,1-3H3,(H,20,26)(H,19,22,23). The van der Waals surface area contributed by atoms with Gasteiger partial charge in [0.25, 0.3) is 5.91 Å². The zero-order chi connectivity index (χ0) is 19.0. The van der Waals surface area contributed by atoms with Gasteiger partial charge in [0, 0.05) is 60.3 Å². The lowest BCUT2D eigenvalue weighted by molar-refractivity contribution is 0.0937. The summed E-state index contributed by atoms with van der Waals surface area (Å²) < 4.78 is 4.37. The average Bonchev–Trinajstić information content (AvgIpc) is 3.39. The topological polar surface area (TPSA) is 99.7 Å². The van der Waals surface area contributed by atoms with Gasteiger partial charge in [-0.3, -0.25) is 9.89 Å². The van der Waals surface area contributed by atoms with Gasteiger partial charge in [0.05, 0.1) is 5.56 Å². The van der Waals surface area contributed by atoms with Crippen LogP contribution in [0.1, 0.15) is 42.1 Å². The van der Waals surface area contributed by atoms with Crippen LogP contribution in [0.25, 0.3) is 11.0 Å². The third-order valence-electron chi connectivity index (χ3n) is 5.14. The van der Waals surface area contributed by atoms with Gasteiger partial charge in [-0.05, 0) is 19.4 Å². The highest BCUT2D eigenvalue weighted by Crippen LogP contribution is 2.33. The highest BCUT2D eigenvalue weighted by molar-refractivity contribution is 7.09. The Morgan fingerprint density at radius 1 is 1.48 bits per heavy atom. The molecule has 1 fully saturated rings. The van der Waals surface area contributed by atoms with Crippen LogP contribution in [0, 0.1) is 12.3 Å². The first-order valence-electron chi connectivity index (χ1n) is 9.14. The van der Waals surface area contributed by atoms with E-state index in [1.54, 1.807) is 6.20 Å². The summed E-state index contributed by atoms with van der Waals surface area (Å²) in [5, 5.41) is 11.9. The summed E-state index contributed by atoms with van der Waals surface area (Å²) in [5.74, 6) is 0.795. The van der Waals surface area contributed by atoms with Gasteiger partial charge in [0.2, 0.25) is 5.13 Å². The minimum absolute atomic E-state index is 0.0107. The van der Waals surface area contributed by atoms with E-state index in [0.29, 0.717) is 17.8 Å². The van der Waals surface area contributed by atoms with Gasteiger partial charge in [-0.25, -0.2) is 9.97 Å². The molecule has 2 N–H and O–H groups in total. The van der Waals surface area contributed by atoms with E-state index in [1.807, 2.05) is 13.0 Å². The number of amides is 1. The van der Waals surface area contributed by atoms with E-state index < -0.39 is 0 Å². The number of nitrogens with one attached hydrogen (secondary N) is 2. The highest BCUT2D eigenvalue weighted by atomic mass is 32.1. The molecule has 0 bridgehead atoms. The first-order chi connectivity index (χ1) is 13.0. The minimum Gasteiger partial charge on any atom is -0.351 e. The maximum absolute atomic E-state index is 12.6. The number of hydrogen-bond donors (Lipinski definition) is 2. The van der Waals surface area contributed by atoms with Crippen LogP contribution in [0.3, 0.4) is 0 Å². The molecule has 3 aromatic rings. The summed E-state index contributed by atoms with van der Waals surface area (Å²) in [6, 6.07) is 1.84. The van der Waals surface area contributed by atoms with E-state index in [9.17, 15) is 4.79 Å². The number of aryl methyl sites for hydroxylation is 2. The molecular formula is C18H23N7OS. The fraction of sp³-hybridized carbons (Fsp3) is 0.500. The van der Waals surface area contributed by atoms with Crippen molar-refractivity contribution < 1.29 is 4.79 Å². The Balaban J connectivity index is 1.39. The molecular weight excluding hydrogens is 362 g/mol. The summed E-state index contributed by atoms with van der Waals surface area (Å²) in [7, 11) is 0. The lowest BCUT2D eigenvalue weighted by atomic mass is 9.90. The summed E-state index contributed by atoms with van der Waals surface area (Å²) >= 11 is 1.46. The molecule has 1 aliphatic heterocycles. The first kappa shape index (κ1) is 17.8. The van der Waals surface area contributed by atoms with Crippen molar-refractivity contribution >= 4 is 33.6 Å². The van der Waals surface area contributed by atoms with Crippen molar-refractivity contribution in [3.8, 4) is 0 Å². The number of nitrogens with zero attached hydrogens (tertiary/aromatic N) is 5. The number of hydrogen-bond acceptors (Lipinski definition) is 7. The number of carbonyl (C=O) groups excluding carboxylic acids is 1. The highest BCUT2D eigenvalue weighted by Gasteiger charge is 2.35. The lowest BCUT2D eigenvalue weighted by Gasteiger charge is -2.24. The van der Waals surface area contributed by atoms with Gasteiger partial charge in [-0.15, -0.1) is 0 Å². The van der Waals surface area contributed by atoms with Crippen LogP contribution in [-0.4, -0.2) is 50.1 Å². The van der Waals surface area contributed by atoms with E-state index in [0.717, 1.165) is 48.0 Å². The molecule has 1 amide bonds. The van der Waals surface area contributed by atoms with Gasteiger partial charge in [0.15, 0.2) is 5.65 Å². The number of aromatic amines is 1. The normalized spacial score (nSPS) is 19.7. The second-order valence-electron chi connectivity index (χ2n) is 7.46. The molecule has 8 nitrogen and oxygen atoms in total. The van der Waals surface area contributed by atoms with Gasteiger partial charge in [-0.2, -0.15) is 9.47 Å². The molecule has 0 spiro atoms. The zero-order valence-electron chi connectivity index (χ0n) is 15.7. The maximum atomic E-state index is 12.6. The number of carbonyl (C=O) groups is 1. The molecule has 142 valence electrons. The Labute approximate surface area is 161 Å². The van der Waals surface area contributed by atoms with Gasteiger partial charge in [0.1, 0.15) is 5.82 Å². The monoisotopic (exact) mass is 385 g/mol. The second-order valence-corrected chi connectivity index (χ2v) is 8.19. The molecule has 4 heterocycles. The average molecular weight is 385 g/mol. The van der Waals surface area contributed by atoms with Crippen molar-refractivity contribution in [1.29, 1.82) is 0 Å². The molecule has 1 aliphatic rings. The molecule has 0 aliphatic carbocycles. The number of fused-ring (bicyclic) bond motifs is 1. The Morgan fingerprint density at radius 2 is 2.33 bits per heavy atom. The van der Waals surface area contributed by atoms with E-state index in [1.165, 1.54) is 11.5 Å². The molecule has 1 unspecified atom stereocenters. The number of H-pyrrole nitrogens is 1. The molecule has 4 rings (SSSR count). The smallest absolute Gasteiger partial charge is 0.252 e. The molecule has 9 heteroatoms. The molecule has 0 saturated carbocycles. The zero-order valence-corrected chi connectivity index (χ0v) is 16.6. The lowest BCUT2D eigenvalue weighted by Crippen LogP contribution is -2.37. The van der Waals surface area contributed by atoms with Crippen molar-refractivity contribution in [2.24, 2.45) is 5.41 Å². The van der Waals surface area contributed by atoms with Crippen LogP contribution < -0.4 is 10.2 Å². The number of anilines is 1. The Hall–Kier alpha value is -2.55. The fourth-order valence-electron chi connectivity index (χ4n) is 3.39. The number of rotatable bonds is 5. The van der Waals surface area contributed by atoms with Crippen LogP contribution >= 0.6 is 11.5 Å². The third-order valence-corrected chi connectivity index (χ3v) is 5.95. The Kier molecular flexibility index (Phi) is 4.55. The Morgan fingerprint density at radius 3 is 3.11 bits per heavy atom. The van der Waals surface area contributed by atoms with E-state index in [4.69, 9.17) is 0 Å². The van der Waals surface area contributed by atoms with Crippen molar-refractivity contribution in [2.75, 3.05) is 24.5 Å². The van der Waals surface area contributed by atoms with Crippen molar-refractivity contribution in [3.05, 3.63) is 29.3 Å². The molecule has 27 heavy (non-hydrogen) atoms. The molecule has 1 atom stereocenters. The second kappa shape index (κ2) is 6.88. The van der Waals surface area contributed by atoms with Crippen molar-refractivity contribution in [2.45, 2.75) is 33.6 Å². The SMILES string of the molecule is CCc1nsc(N2CCC(C)(CNC(=O)c3cnc4n[nH]c(C)c4c3)C2)n1. The van der Waals surface area contributed by atoms with E-state index in [2.05, 4.69) is 48.6 Å². The number of pyridine rings is 1. The van der Waals surface area contributed by atoms with Crippen LogP contribution in [0.5, 0.6) is 0 Å². The van der Waals surface area contributed by atoms with Crippen LogP contribution in [-0.2, 0) is 6.42 Å². The predicted octanol–water partition coefficient (Wildman–Crippen LogP) is 2.33. The summed E-state index contributed by atoms with van der Waals surface area (Å²) in [6.07, 6.45) is 3.44. The van der Waals surface area contributed by atoms with E-state index in [-0.39, 0.29) is 11.3 Å². The molecule has 0 aromatic carbocycles. The molecule has 1 saturated heterocycles. The number of aromatic nitrogens is 5. The van der Waals surface area contributed by atoms with Crippen LogP contribution in [0.15, 0.2) is 12.3 Å². The van der Waals surface area contributed by atoms with Crippen molar-refractivity contribution in [1.82, 2.24) is 29.9 Å². The van der Waals surface area contributed by atoms with E-state index >= 15 is 0 Å². The van der Waals surface area contributed by atoms with Crippen LogP contribution in [0.4, 0.5) is 5.13 Å². The Bertz CT molecular complexity index is 981. The third kappa shape index (κ3) is 3.51. The fourth-order valence-corrected chi connectivity index (χ4v) is 4.16. The van der Waals surface area contributed by atoms with Gasteiger partial charge in [-0.1, -0.05) is 13.8 Å². The largest absolute Gasteiger partial charge is 0.351 e. The predicted molar refractivity (Wildman–Crippen MR) is 105 cm³/mol. The van der Waals surface area contributed by atoms with Crippen molar-refractivity contribution in [3.63, 3.8) is 0 Å². The summed E-state index contributed by atoms with van der Waals surface area (Å²) in [4.78, 5) is 23.7. The quantitative estimate of drug-likeness (QED) is 0.699. The first-order valence-corrected chi connectivity index (χ1v) is 9.91. The van der Waals surface area contributed by atoms with Gasteiger partial charge < -0.3 is 10.2 Å². The van der Waals surface area contributed by atoms with Crippen LogP contribution in [0.2, 0.25) is 0 Å². The summed E-state index contributed by atoms with van der Waals surface area (Å²) in [6.45, 7) is 8.61. The molecule has 3 aromatic heterocycles. The molecule has 0 radical (unpaired) electrons. The van der Waals surface area contributed by atoms with Gasteiger partial charge >= 0.3 is 0 Å².